The lowest BCUT2D eigenvalue weighted by Crippen LogP contribution is -2.35. The molecule has 10 nitrogen and oxygen atoms in total. The van der Waals surface area contributed by atoms with E-state index in [0.717, 1.165) is 0 Å². The summed E-state index contributed by atoms with van der Waals surface area (Å²) in [4.78, 5) is 36.7. The van der Waals surface area contributed by atoms with E-state index < -0.39 is 37.0 Å². The Morgan fingerprint density at radius 3 is 1.89 bits per heavy atom. The van der Waals surface area contributed by atoms with Gasteiger partial charge in [0.05, 0.1) is 45.1 Å². The molecule has 1 atom stereocenters. The van der Waals surface area contributed by atoms with Crippen molar-refractivity contribution in [3.63, 3.8) is 0 Å². The first-order valence-electron chi connectivity index (χ1n) is 7.76. The van der Waals surface area contributed by atoms with E-state index in [1.807, 2.05) is 0 Å². The van der Waals surface area contributed by atoms with Crippen molar-refractivity contribution in [2.75, 3.05) is 38.2 Å². The predicted molar refractivity (Wildman–Crippen MR) is 110 cm³/mol. The quantitative estimate of drug-likeness (QED) is 0.207. The van der Waals surface area contributed by atoms with Gasteiger partial charge in [-0.2, -0.15) is 0 Å². The maximum atomic E-state index is 12.6. The molecule has 1 rings (SSSR count). The van der Waals surface area contributed by atoms with Crippen LogP contribution in [0.5, 0.6) is 0 Å². The van der Waals surface area contributed by atoms with E-state index in [1.165, 1.54) is 0 Å². The molecule has 0 bridgehead atoms. The van der Waals surface area contributed by atoms with Crippen molar-refractivity contribution >= 4 is 71.2 Å². The summed E-state index contributed by atoms with van der Waals surface area (Å²) in [7, 11) is 0. The van der Waals surface area contributed by atoms with Crippen LogP contribution in [0.3, 0.4) is 0 Å². The molecule has 1 unspecified atom stereocenters. The second-order valence-corrected chi connectivity index (χ2v) is 7.68. The molecule has 1 aromatic rings. The third-order valence-corrected chi connectivity index (χ3v) is 5.66. The van der Waals surface area contributed by atoms with Gasteiger partial charge in [0.25, 0.3) is 11.8 Å². The fraction of sp³-hybridized carbons (Fsp3) is 0.400. The first-order valence-corrected chi connectivity index (χ1v) is 10.1. The average molecular weight is 592 g/mol. The molecule has 0 aliphatic heterocycles. The standard InChI is InChI=1S/C15H18Br3N3O7/c16-10-8(14(27)19-1-2-22)11(17)13(21-7(26)5-24)12(18)9(10)15(28)20-3-6(25)4-23/h6,22-25H,1-5H2,(H,19,27)(H,20,28)(H,21,26). The van der Waals surface area contributed by atoms with Gasteiger partial charge in [-0.15, -0.1) is 0 Å². The number of amides is 3. The number of aliphatic hydroxyl groups excluding tert-OH is 4. The van der Waals surface area contributed by atoms with Crippen molar-refractivity contribution in [2.24, 2.45) is 0 Å². The van der Waals surface area contributed by atoms with E-state index >= 15 is 0 Å². The molecular weight excluding hydrogens is 574 g/mol. The monoisotopic (exact) mass is 589 g/mol. The molecule has 3 amide bonds. The highest BCUT2D eigenvalue weighted by Crippen LogP contribution is 2.42. The predicted octanol–water partition coefficient (Wildman–Crippen LogP) is -0.290. The maximum Gasteiger partial charge on any atom is 0.253 e. The fourth-order valence-corrected chi connectivity index (χ4v) is 4.88. The van der Waals surface area contributed by atoms with Crippen molar-refractivity contribution in [3.05, 3.63) is 24.5 Å². The van der Waals surface area contributed by atoms with Gasteiger partial charge in [-0.25, -0.2) is 0 Å². The molecule has 0 saturated heterocycles. The number of halogens is 3. The highest BCUT2D eigenvalue weighted by Gasteiger charge is 2.28. The van der Waals surface area contributed by atoms with Gasteiger partial charge in [0.2, 0.25) is 5.91 Å². The van der Waals surface area contributed by atoms with E-state index in [2.05, 4.69) is 63.7 Å². The van der Waals surface area contributed by atoms with Gasteiger partial charge in [0.15, 0.2) is 0 Å². The minimum atomic E-state index is -1.18. The van der Waals surface area contributed by atoms with Gasteiger partial charge < -0.3 is 36.4 Å². The number of anilines is 1. The van der Waals surface area contributed by atoms with Gasteiger partial charge in [-0.1, -0.05) is 0 Å². The van der Waals surface area contributed by atoms with Crippen LogP contribution >= 0.6 is 47.8 Å². The molecule has 0 heterocycles. The summed E-state index contributed by atoms with van der Waals surface area (Å²) < 4.78 is 0.290. The minimum absolute atomic E-state index is 0.0178. The van der Waals surface area contributed by atoms with Crippen LogP contribution in [0.4, 0.5) is 5.69 Å². The Labute approximate surface area is 185 Å². The number of carbonyl (C=O) groups excluding carboxylic acids is 3. The Kier molecular flexibility index (Phi) is 10.5. The summed E-state index contributed by atoms with van der Waals surface area (Å²) in [6.07, 6.45) is -1.18. The molecule has 7 N–H and O–H groups in total. The molecule has 0 aliphatic rings. The largest absolute Gasteiger partial charge is 0.395 e. The Morgan fingerprint density at radius 2 is 1.43 bits per heavy atom. The normalized spacial score (nSPS) is 11.7. The zero-order valence-electron chi connectivity index (χ0n) is 14.3. The lowest BCUT2D eigenvalue weighted by molar-refractivity contribution is -0.118. The van der Waals surface area contributed by atoms with E-state index in [4.69, 9.17) is 15.3 Å². The Morgan fingerprint density at radius 1 is 0.893 bits per heavy atom. The first-order chi connectivity index (χ1) is 13.2. The van der Waals surface area contributed by atoms with E-state index in [-0.39, 0.29) is 49.9 Å². The molecule has 0 spiro atoms. The highest BCUT2D eigenvalue weighted by atomic mass is 79.9. The highest BCUT2D eigenvalue weighted by molar-refractivity contribution is 9.11. The van der Waals surface area contributed by atoms with Crippen LogP contribution < -0.4 is 16.0 Å². The Bertz CT molecular complexity index is 761. The van der Waals surface area contributed by atoms with Crippen LogP contribution in [-0.2, 0) is 4.79 Å². The molecule has 13 heteroatoms. The molecule has 0 radical (unpaired) electrons. The lowest BCUT2D eigenvalue weighted by Gasteiger charge is -2.19. The van der Waals surface area contributed by atoms with Crippen LogP contribution in [0.15, 0.2) is 13.4 Å². The first kappa shape index (κ1) is 24.9. The molecule has 0 aromatic heterocycles. The zero-order valence-corrected chi connectivity index (χ0v) is 19.0. The SMILES string of the molecule is O=C(CO)Nc1c(Br)c(C(=O)NCCO)c(Br)c(C(=O)NCC(O)CO)c1Br. The van der Waals surface area contributed by atoms with Crippen molar-refractivity contribution in [3.8, 4) is 0 Å². The average Bonchev–Trinajstić information content (AvgIpc) is 2.67. The zero-order chi connectivity index (χ0) is 21.4. The van der Waals surface area contributed by atoms with Crippen LogP contribution in [0.2, 0.25) is 0 Å². The number of benzene rings is 1. The Balaban J connectivity index is 3.51. The topological polar surface area (TPSA) is 168 Å². The summed E-state index contributed by atoms with van der Waals surface area (Å²) in [6.45, 7) is -2.00. The number of aliphatic hydroxyl groups is 4. The summed E-state index contributed by atoms with van der Waals surface area (Å²) in [5.74, 6) is -2.15. The molecule has 1 aromatic carbocycles. The van der Waals surface area contributed by atoms with Crippen LogP contribution in [0.25, 0.3) is 0 Å². The third-order valence-electron chi connectivity index (χ3n) is 3.29. The van der Waals surface area contributed by atoms with Crippen molar-refractivity contribution in [1.82, 2.24) is 10.6 Å². The van der Waals surface area contributed by atoms with E-state index in [9.17, 15) is 19.5 Å². The molecule has 28 heavy (non-hydrogen) atoms. The number of nitrogens with one attached hydrogen (secondary N) is 3. The molecular formula is C15H18Br3N3O7. The summed E-state index contributed by atoms with van der Waals surface area (Å²) in [6, 6.07) is 0. The summed E-state index contributed by atoms with van der Waals surface area (Å²) in [5, 5.41) is 43.4. The number of hydrogen-bond acceptors (Lipinski definition) is 7. The van der Waals surface area contributed by atoms with Crippen molar-refractivity contribution in [1.29, 1.82) is 0 Å². The van der Waals surface area contributed by atoms with Gasteiger partial charge in [0, 0.05) is 17.6 Å². The van der Waals surface area contributed by atoms with Gasteiger partial charge in [-0.3, -0.25) is 14.4 Å². The van der Waals surface area contributed by atoms with Crippen LogP contribution in [0, 0.1) is 0 Å². The molecule has 0 fully saturated rings. The smallest absolute Gasteiger partial charge is 0.253 e. The number of carbonyl (C=O) groups is 3. The molecule has 0 aliphatic carbocycles. The van der Waals surface area contributed by atoms with Crippen molar-refractivity contribution < 1.29 is 34.8 Å². The Hall–Kier alpha value is -1.09. The van der Waals surface area contributed by atoms with Gasteiger partial charge in [0.1, 0.15) is 6.61 Å². The van der Waals surface area contributed by atoms with Crippen LogP contribution in [0.1, 0.15) is 20.7 Å². The fourth-order valence-electron chi connectivity index (χ4n) is 1.97. The number of rotatable bonds is 9. The molecule has 0 saturated carbocycles. The van der Waals surface area contributed by atoms with Crippen LogP contribution in [-0.4, -0.2) is 77.2 Å². The second-order valence-electron chi connectivity index (χ2n) is 5.30. The summed E-state index contributed by atoms with van der Waals surface area (Å²) >= 11 is 9.61. The lowest BCUT2D eigenvalue weighted by atomic mass is 10.1. The summed E-state index contributed by atoms with van der Waals surface area (Å²) in [5.41, 5.74) is -0.0993. The van der Waals surface area contributed by atoms with Gasteiger partial charge in [-0.05, 0) is 47.8 Å². The molecule has 156 valence electrons. The second kappa shape index (κ2) is 11.8. The third kappa shape index (κ3) is 6.20. The van der Waals surface area contributed by atoms with E-state index in [1.54, 1.807) is 0 Å². The van der Waals surface area contributed by atoms with E-state index in [0.29, 0.717) is 0 Å². The van der Waals surface area contributed by atoms with Crippen molar-refractivity contribution in [2.45, 2.75) is 6.10 Å². The van der Waals surface area contributed by atoms with Gasteiger partial charge >= 0.3 is 0 Å². The number of hydrogen-bond donors (Lipinski definition) is 7. The maximum absolute atomic E-state index is 12.6. The minimum Gasteiger partial charge on any atom is -0.395 e.